The number of aryl methyl sites for hydroxylation is 2. The molecule has 0 radical (unpaired) electrons. The molecule has 0 unspecified atom stereocenters. The third kappa shape index (κ3) is 3.50. The van der Waals surface area contributed by atoms with Crippen LogP contribution in [-0.2, 0) is 6.54 Å². The van der Waals surface area contributed by atoms with E-state index in [-0.39, 0.29) is 5.91 Å². The largest absolute Gasteiger partial charge is 0.336 e. The predicted octanol–water partition coefficient (Wildman–Crippen LogP) is 3.87. The summed E-state index contributed by atoms with van der Waals surface area (Å²) in [5.74, 6) is 0.158. The number of benzene rings is 2. The SMILES string of the molecule is Cc1ccc(C)c(C(=O)N2CCN(Cc3nc4ccccc4s3)CC2)c1. The lowest BCUT2D eigenvalue weighted by molar-refractivity contribution is 0.0627. The van der Waals surface area contributed by atoms with Gasteiger partial charge in [0.05, 0.1) is 16.8 Å². The summed E-state index contributed by atoms with van der Waals surface area (Å²) in [6.45, 7) is 8.25. The van der Waals surface area contributed by atoms with Crippen molar-refractivity contribution in [2.75, 3.05) is 26.2 Å². The maximum absolute atomic E-state index is 12.9. The Morgan fingerprint density at radius 1 is 1.08 bits per heavy atom. The summed E-state index contributed by atoms with van der Waals surface area (Å²) in [7, 11) is 0. The molecule has 1 fully saturated rings. The van der Waals surface area contributed by atoms with Crippen molar-refractivity contribution in [2.24, 2.45) is 0 Å². The third-order valence-electron chi connectivity index (χ3n) is 4.98. The van der Waals surface area contributed by atoms with Crippen LogP contribution in [0.2, 0.25) is 0 Å². The molecule has 4 nitrogen and oxygen atoms in total. The summed E-state index contributed by atoms with van der Waals surface area (Å²) in [5.41, 5.74) is 4.10. The van der Waals surface area contributed by atoms with Crippen molar-refractivity contribution < 1.29 is 4.79 Å². The number of carbonyl (C=O) groups excluding carboxylic acids is 1. The molecule has 0 bridgehead atoms. The van der Waals surface area contributed by atoms with Gasteiger partial charge in [0.2, 0.25) is 0 Å². The predicted molar refractivity (Wildman–Crippen MR) is 107 cm³/mol. The van der Waals surface area contributed by atoms with Crippen LogP contribution >= 0.6 is 11.3 Å². The summed E-state index contributed by atoms with van der Waals surface area (Å²) < 4.78 is 1.24. The lowest BCUT2D eigenvalue weighted by Gasteiger charge is -2.34. The lowest BCUT2D eigenvalue weighted by Crippen LogP contribution is -2.48. The third-order valence-corrected chi connectivity index (χ3v) is 6.00. The molecule has 26 heavy (non-hydrogen) atoms. The van der Waals surface area contributed by atoms with Crippen LogP contribution in [0.25, 0.3) is 10.2 Å². The highest BCUT2D eigenvalue weighted by molar-refractivity contribution is 7.18. The molecule has 1 saturated heterocycles. The Balaban J connectivity index is 1.39. The normalized spacial score (nSPS) is 15.5. The van der Waals surface area contributed by atoms with E-state index in [1.165, 1.54) is 4.70 Å². The molecule has 0 atom stereocenters. The minimum Gasteiger partial charge on any atom is -0.336 e. The highest BCUT2D eigenvalue weighted by Gasteiger charge is 2.23. The number of aromatic nitrogens is 1. The first-order valence-electron chi connectivity index (χ1n) is 9.03. The maximum atomic E-state index is 12.9. The van der Waals surface area contributed by atoms with Crippen molar-refractivity contribution in [3.63, 3.8) is 0 Å². The zero-order valence-electron chi connectivity index (χ0n) is 15.2. The van der Waals surface area contributed by atoms with Gasteiger partial charge in [-0.2, -0.15) is 0 Å². The fraction of sp³-hybridized carbons (Fsp3) is 0.333. The number of carbonyl (C=O) groups is 1. The fourth-order valence-corrected chi connectivity index (χ4v) is 4.43. The van der Waals surface area contributed by atoms with E-state index in [4.69, 9.17) is 4.98 Å². The topological polar surface area (TPSA) is 36.4 Å². The Morgan fingerprint density at radius 3 is 2.62 bits per heavy atom. The summed E-state index contributed by atoms with van der Waals surface area (Å²) in [4.78, 5) is 22.0. The first-order valence-corrected chi connectivity index (χ1v) is 9.85. The van der Waals surface area contributed by atoms with Crippen LogP contribution in [-0.4, -0.2) is 46.9 Å². The molecule has 1 aliphatic heterocycles. The van der Waals surface area contributed by atoms with Gasteiger partial charge in [0, 0.05) is 31.7 Å². The Morgan fingerprint density at radius 2 is 1.85 bits per heavy atom. The Bertz CT molecular complexity index is 908. The van der Waals surface area contributed by atoms with Gasteiger partial charge >= 0.3 is 0 Å². The number of rotatable bonds is 3. The van der Waals surface area contributed by atoms with E-state index in [0.717, 1.165) is 59.9 Å². The quantitative estimate of drug-likeness (QED) is 0.707. The average molecular weight is 366 g/mol. The van der Waals surface area contributed by atoms with Gasteiger partial charge in [-0.3, -0.25) is 9.69 Å². The van der Waals surface area contributed by atoms with Crippen LogP contribution in [0.3, 0.4) is 0 Å². The number of thiazole rings is 1. The fourth-order valence-electron chi connectivity index (χ4n) is 3.42. The number of hydrogen-bond donors (Lipinski definition) is 0. The minimum absolute atomic E-state index is 0.158. The Labute approximate surface area is 158 Å². The van der Waals surface area contributed by atoms with Crippen molar-refractivity contribution in [3.05, 3.63) is 64.2 Å². The molecule has 0 aliphatic carbocycles. The lowest BCUT2D eigenvalue weighted by atomic mass is 10.0. The number of fused-ring (bicyclic) bond motifs is 1. The van der Waals surface area contributed by atoms with Crippen LogP contribution in [0.15, 0.2) is 42.5 Å². The number of para-hydroxylation sites is 1. The van der Waals surface area contributed by atoms with Crippen LogP contribution < -0.4 is 0 Å². The van der Waals surface area contributed by atoms with Crippen LogP contribution in [0, 0.1) is 13.8 Å². The number of hydrogen-bond acceptors (Lipinski definition) is 4. The van der Waals surface area contributed by atoms with Gasteiger partial charge < -0.3 is 4.90 Å². The molecular weight excluding hydrogens is 342 g/mol. The molecular formula is C21H23N3OS. The average Bonchev–Trinajstić information content (AvgIpc) is 3.06. The second-order valence-corrected chi connectivity index (χ2v) is 8.08. The van der Waals surface area contributed by atoms with E-state index in [1.54, 1.807) is 11.3 Å². The van der Waals surface area contributed by atoms with Gasteiger partial charge in [0.25, 0.3) is 5.91 Å². The Hall–Kier alpha value is -2.24. The van der Waals surface area contributed by atoms with Crippen LogP contribution in [0.1, 0.15) is 26.5 Å². The van der Waals surface area contributed by atoms with Crippen LogP contribution in [0.5, 0.6) is 0 Å². The zero-order valence-corrected chi connectivity index (χ0v) is 16.1. The summed E-state index contributed by atoms with van der Waals surface area (Å²) in [6, 6.07) is 14.4. The van der Waals surface area contributed by atoms with Gasteiger partial charge in [-0.25, -0.2) is 4.98 Å². The van der Waals surface area contributed by atoms with Crippen molar-refractivity contribution in [3.8, 4) is 0 Å². The van der Waals surface area contributed by atoms with E-state index in [0.29, 0.717) is 0 Å². The molecule has 0 N–H and O–H groups in total. The Kier molecular flexibility index (Phi) is 4.74. The van der Waals surface area contributed by atoms with Gasteiger partial charge in [-0.1, -0.05) is 29.8 Å². The minimum atomic E-state index is 0.158. The molecule has 1 amide bonds. The van der Waals surface area contributed by atoms with E-state index in [2.05, 4.69) is 29.2 Å². The number of piperazine rings is 1. The number of amides is 1. The maximum Gasteiger partial charge on any atom is 0.254 e. The molecule has 0 spiro atoms. The highest BCUT2D eigenvalue weighted by Crippen LogP contribution is 2.23. The molecule has 4 rings (SSSR count). The molecule has 3 aromatic rings. The molecule has 1 aromatic heterocycles. The van der Waals surface area contributed by atoms with E-state index in [1.807, 2.05) is 36.9 Å². The van der Waals surface area contributed by atoms with E-state index in [9.17, 15) is 4.79 Å². The second-order valence-electron chi connectivity index (χ2n) is 6.96. The summed E-state index contributed by atoms with van der Waals surface area (Å²) in [5, 5.41) is 1.15. The highest BCUT2D eigenvalue weighted by atomic mass is 32.1. The van der Waals surface area contributed by atoms with Gasteiger partial charge in [-0.05, 0) is 37.6 Å². The second kappa shape index (κ2) is 7.17. The van der Waals surface area contributed by atoms with E-state index >= 15 is 0 Å². The monoisotopic (exact) mass is 365 g/mol. The van der Waals surface area contributed by atoms with Crippen molar-refractivity contribution in [1.82, 2.24) is 14.8 Å². The molecule has 134 valence electrons. The van der Waals surface area contributed by atoms with E-state index < -0.39 is 0 Å². The molecule has 5 heteroatoms. The summed E-state index contributed by atoms with van der Waals surface area (Å²) >= 11 is 1.77. The summed E-state index contributed by atoms with van der Waals surface area (Å²) in [6.07, 6.45) is 0. The van der Waals surface area contributed by atoms with Gasteiger partial charge in [0.15, 0.2) is 0 Å². The molecule has 2 aromatic carbocycles. The molecule has 1 aliphatic rings. The van der Waals surface area contributed by atoms with Crippen molar-refractivity contribution in [1.29, 1.82) is 0 Å². The first-order chi connectivity index (χ1) is 12.6. The molecule has 2 heterocycles. The standard InChI is InChI=1S/C21H23N3OS/c1-15-7-8-16(2)17(13-15)21(25)24-11-9-23(10-12-24)14-20-22-18-5-3-4-6-19(18)26-20/h3-8,13H,9-12,14H2,1-2H3. The molecule has 0 saturated carbocycles. The first kappa shape index (κ1) is 17.2. The van der Waals surface area contributed by atoms with Crippen LogP contribution in [0.4, 0.5) is 0 Å². The smallest absolute Gasteiger partial charge is 0.254 e. The zero-order chi connectivity index (χ0) is 18.1. The van der Waals surface area contributed by atoms with Gasteiger partial charge in [0.1, 0.15) is 5.01 Å². The number of nitrogens with zero attached hydrogens (tertiary/aromatic N) is 3. The van der Waals surface area contributed by atoms with Crippen molar-refractivity contribution >= 4 is 27.5 Å². The van der Waals surface area contributed by atoms with Gasteiger partial charge in [-0.15, -0.1) is 11.3 Å². The van der Waals surface area contributed by atoms with Crippen molar-refractivity contribution in [2.45, 2.75) is 20.4 Å².